The highest BCUT2D eigenvalue weighted by Gasteiger charge is 2.19. The molecule has 0 aliphatic carbocycles. The first-order valence-electron chi connectivity index (χ1n) is 6.10. The first-order valence-corrected chi connectivity index (χ1v) is 6.10. The number of carbonyl (C=O) groups is 2. The molecule has 2 heterocycles. The number of benzene rings is 1. The van der Waals surface area contributed by atoms with Crippen LogP contribution in [0.5, 0.6) is 0 Å². The van der Waals surface area contributed by atoms with Gasteiger partial charge in [0, 0.05) is 12.1 Å². The van der Waals surface area contributed by atoms with E-state index in [2.05, 4.69) is 10.6 Å². The van der Waals surface area contributed by atoms with Gasteiger partial charge in [-0.05, 0) is 36.2 Å². The second-order valence-corrected chi connectivity index (χ2v) is 4.47. The number of furan rings is 1. The van der Waals surface area contributed by atoms with Crippen molar-refractivity contribution >= 4 is 23.2 Å². The smallest absolute Gasteiger partial charge is 0.291 e. The molecule has 0 saturated carbocycles. The minimum Gasteiger partial charge on any atom is -0.459 e. The maximum atomic E-state index is 13.9. The molecule has 0 atom stereocenters. The van der Waals surface area contributed by atoms with E-state index in [-0.39, 0.29) is 17.4 Å². The van der Waals surface area contributed by atoms with Crippen LogP contribution in [0.1, 0.15) is 22.5 Å². The number of rotatable bonds is 2. The van der Waals surface area contributed by atoms with Crippen molar-refractivity contribution < 1.29 is 18.4 Å². The topological polar surface area (TPSA) is 71.3 Å². The molecule has 2 aromatic rings. The Morgan fingerprint density at radius 2 is 2.20 bits per heavy atom. The first kappa shape index (κ1) is 12.4. The molecule has 1 aromatic heterocycles. The van der Waals surface area contributed by atoms with Gasteiger partial charge in [0.05, 0.1) is 12.0 Å². The molecule has 1 aliphatic rings. The third-order valence-electron chi connectivity index (χ3n) is 3.08. The van der Waals surface area contributed by atoms with E-state index in [1.807, 2.05) is 0 Å². The maximum absolute atomic E-state index is 13.9. The van der Waals surface area contributed by atoms with Crippen molar-refractivity contribution in [3.63, 3.8) is 0 Å². The van der Waals surface area contributed by atoms with Crippen molar-refractivity contribution in [1.29, 1.82) is 0 Å². The second-order valence-electron chi connectivity index (χ2n) is 4.47. The van der Waals surface area contributed by atoms with E-state index in [0.717, 1.165) is 5.56 Å². The Morgan fingerprint density at radius 3 is 2.95 bits per heavy atom. The number of anilines is 2. The number of nitrogens with one attached hydrogen (secondary N) is 2. The quantitative estimate of drug-likeness (QED) is 0.884. The largest absolute Gasteiger partial charge is 0.459 e. The van der Waals surface area contributed by atoms with Gasteiger partial charge in [-0.15, -0.1) is 0 Å². The Morgan fingerprint density at radius 1 is 1.35 bits per heavy atom. The minimum atomic E-state index is -0.545. The highest BCUT2D eigenvalue weighted by atomic mass is 19.1. The van der Waals surface area contributed by atoms with Crippen LogP contribution in [-0.2, 0) is 11.2 Å². The van der Waals surface area contributed by atoms with Crippen molar-refractivity contribution in [2.45, 2.75) is 12.8 Å². The summed E-state index contributed by atoms with van der Waals surface area (Å²) in [5.41, 5.74) is 1.25. The number of fused-ring (bicyclic) bond motifs is 1. The van der Waals surface area contributed by atoms with E-state index in [4.69, 9.17) is 4.42 Å². The summed E-state index contributed by atoms with van der Waals surface area (Å²) in [5.74, 6) is -1.12. The number of hydrogen-bond acceptors (Lipinski definition) is 3. The fraction of sp³-hybridized carbons (Fsp3) is 0.143. The standard InChI is InChI=1S/C14H11FN2O3/c15-9-6-8-3-4-13(18)16-10(8)7-11(9)17-14(19)12-2-1-5-20-12/h1-2,5-7H,3-4H2,(H,16,18)(H,17,19). The van der Waals surface area contributed by atoms with E-state index >= 15 is 0 Å². The molecule has 6 heteroatoms. The Balaban J connectivity index is 1.88. The zero-order valence-corrected chi connectivity index (χ0v) is 10.4. The zero-order chi connectivity index (χ0) is 14.1. The van der Waals surface area contributed by atoms with Crippen LogP contribution in [0.3, 0.4) is 0 Å². The van der Waals surface area contributed by atoms with Crippen LogP contribution in [0.4, 0.5) is 15.8 Å². The van der Waals surface area contributed by atoms with E-state index in [1.54, 1.807) is 6.07 Å². The van der Waals surface area contributed by atoms with Crippen molar-refractivity contribution in [2.75, 3.05) is 10.6 Å². The number of hydrogen-bond donors (Lipinski definition) is 2. The maximum Gasteiger partial charge on any atom is 0.291 e. The molecule has 0 unspecified atom stereocenters. The summed E-state index contributed by atoms with van der Waals surface area (Å²) in [4.78, 5) is 23.1. The molecule has 0 saturated heterocycles. The molecule has 2 amide bonds. The summed E-state index contributed by atoms with van der Waals surface area (Å²) >= 11 is 0. The lowest BCUT2D eigenvalue weighted by Crippen LogP contribution is -2.20. The van der Waals surface area contributed by atoms with E-state index in [9.17, 15) is 14.0 Å². The molecular formula is C14H11FN2O3. The summed E-state index contributed by atoms with van der Waals surface area (Å²) < 4.78 is 18.9. The van der Waals surface area contributed by atoms with Crippen molar-refractivity contribution in [1.82, 2.24) is 0 Å². The lowest BCUT2D eigenvalue weighted by atomic mass is 10.0. The molecule has 3 rings (SSSR count). The lowest BCUT2D eigenvalue weighted by Gasteiger charge is -2.18. The summed E-state index contributed by atoms with van der Waals surface area (Å²) in [6.07, 6.45) is 2.19. The molecular weight excluding hydrogens is 263 g/mol. The third kappa shape index (κ3) is 2.27. The monoisotopic (exact) mass is 274 g/mol. The van der Waals surface area contributed by atoms with Crippen LogP contribution < -0.4 is 10.6 Å². The molecule has 1 aromatic carbocycles. The van der Waals surface area contributed by atoms with Gasteiger partial charge in [0.2, 0.25) is 5.91 Å². The predicted molar refractivity (Wildman–Crippen MR) is 70.0 cm³/mol. The van der Waals surface area contributed by atoms with E-state index in [1.165, 1.54) is 24.5 Å². The molecule has 0 bridgehead atoms. The SMILES string of the molecule is O=C1CCc2cc(F)c(NC(=O)c3ccco3)cc2N1. The fourth-order valence-corrected chi connectivity index (χ4v) is 2.09. The number of halogens is 1. The lowest BCUT2D eigenvalue weighted by molar-refractivity contribution is -0.116. The average molecular weight is 274 g/mol. The summed E-state index contributed by atoms with van der Waals surface area (Å²) in [7, 11) is 0. The van der Waals surface area contributed by atoms with Crippen LogP contribution in [0.15, 0.2) is 34.9 Å². The molecule has 1 aliphatic heterocycles. The van der Waals surface area contributed by atoms with Gasteiger partial charge in [0.15, 0.2) is 5.76 Å². The van der Waals surface area contributed by atoms with Gasteiger partial charge < -0.3 is 15.1 Å². The highest BCUT2D eigenvalue weighted by molar-refractivity contribution is 6.03. The fourth-order valence-electron chi connectivity index (χ4n) is 2.09. The Labute approximate surface area is 113 Å². The van der Waals surface area contributed by atoms with Crippen molar-refractivity contribution in [2.24, 2.45) is 0 Å². The number of aryl methyl sites for hydroxylation is 1. The second kappa shape index (κ2) is 4.80. The minimum absolute atomic E-state index is 0.00681. The Kier molecular flexibility index (Phi) is 2.98. The van der Waals surface area contributed by atoms with Crippen LogP contribution in [0.25, 0.3) is 0 Å². The van der Waals surface area contributed by atoms with Gasteiger partial charge in [-0.2, -0.15) is 0 Å². The van der Waals surface area contributed by atoms with Crippen LogP contribution in [0, 0.1) is 5.82 Å². The normalized spacial score (nSPS) is 13.6. The Hall–Kier alpha value is -2.63. The van der Waals surface area contributed by atoms with Gasteiger partial charge in [-0.3, -0.25) is 9.59 Å². The van der Waals surface area contributed by atoms with E-state index in [0.29, 0.717) is 18.5 Å². The molecule has 2 N–H and O–H groups in total. The average Bonchev–Trinajstić information content (AvgIpc) is 2.94. The summed E-state index contributed by atoms with van der Waals surface area (Å²) in [5, 5.41) is 5.07. The van der Waals surface area contributed by atoms with Crippen molar-refractivity contribution in [3.05, 3.63) is 47.7 Å². The van der Waals surface area contributed by atoms with Gasteiger partial charge >= 0.3 is 0 Å². The molecule has 102 valence electrons. The third-order valence-corrected chi connectivity index (χ3v) is 3.08. The summed E-state index contributed by atoms with van der Waals surface area (Å²) in [6, 6.07) is 5.79. The van der Waals surface area contributed by atoms with Crippen LogP contribution >= 0.6 is 0 Å². The molecule has 0 fully saturated rings. The Bertz CT molecular complexity index is 680. The molecule has 20 heavy (non-hydrogen) atoms. The highest BCUT2D eigenvalue weighted by Crippen LogP contribution is 2.28. The molecule has 0 radical (unpaired) electrons. The zero-order valence-electron chi connectivity index (χ0n) is 10.4. The van der Waals surface area contributed by atoms with Crippen LogP contribution in [-0.4, -0.2) is 11.8 Å². The van der Waals surface area contributed by atoms with Gasteiger partial charge in [0.1, 0.15) is 5.82 Å². The predicted octanol–water partition coefficient (Wildman–Crippen LogP) is 2.56. The summed E-state index contributed by atoms with van der Waals surface area (Å²) in [6.45, 7) is 0. The van der Waals surface area contributed by atoms with Crippen molar-refractivity contribution in [3.8, 4) is 0 Å². The van der Waals surface area contributed by atoms with Gasteiger partial charge in [-0.1, -0.05) is 0 Å². The van der Waals surface area contributed by atoms with Gasteiger partial charge in [-0.25, -0.2) is 4.39 Å². The number of carbonyl (C=O) groups excluding carboxylic acids is 2. The first-order chi connectivity index (χ1) is 9.63. The van der Waals surface area contributed by atoms with Crippen LogP contribution in [0.2, 0.25) is 0 Å². The van der Waals surface area contributed by atoms with E-state index < -0.39 is 11.7 Å². The molecule has 5 nitrogen and oxygen atoms in total. The number of amides is 2. The van der Waals surface area contributed by atoms with Gasteiger partial charge in [0.25, 0.3) is 5.91 Å². The molecule has 0 spiro atoms.